The van der Waals surface area contributed by atoms with Gasteiger partial charge in [-0.1, -0.05) is 23.2 Å². The van der Waals surface area contributed by atoms with Gasteiger partial charge in [-0.3, -0.25) is 0 Å². The molecular formula is C3H4Cl2O. The molecule has 0 amide bonds. The number of aliphatic hydroxyl groups is 1. The Morgan fingerprint density at radius 3 is 2.17 bits per heavy atom. The molecule has 0 aromatic carbocycles. The van der Waals surface area contributed by atoms with Gasteiger partial charge in [0.1, 0.15) is 4.49 Å². The van der Waals surface area contributed by atoms with Gasteiger partial charge >= 0.3 is 0 Å². The molecule has 0 aromatic heterocycles. The lowest BCUT2D eigenvalue weighted by Gasteiger charge is -1.74. The Hall–Kier alpha value is 0.280. The van der Waals surface area contributed by atoms with Gasteiger partial charge in [0.2, 0.25) is 0 Å². The number of halogens is 2. The van der Waals surface area contributed by atoms with Crippen molar-refractivity contribution in [2.45, 2.75) is 0 Å². The van der Waals surface area contributed by atoms with Gasteiger partial charge in [0.05, 0.1) is 6.61 Å². The Kier molecular flexibility index (Phi) is 3.63. The van der Waals surface area contributed by atoms with Gasteiger partial charge in [0, 0.05) is 0 Å². The number of rotatable bonds is 1. The minimum Gasteiger partial charge on any atom is -0.392 e. The third-order valence-electron chi connectivity index (χ3n) is 0.246. The van der Waals surface area contributed by atoms with Gasteiger partial charge in [0.25, 0.3) is 0 Å². The highest BCUT2D eigenvalue weighted by molar-refractivity contribution is 6.55. The highest BCUT2D eigenvalue weighted by Crippen LogP contribution is 2.03. The summed E-state index contributed by atoms with van der Waals surface area (Å²) in [4.78, 5) is 0. The summed E-state index contributed by atoms with van der Waals surface area (Å²) in [6.07, 6.45) is 1.29. The van der Waals surface area contributed by atoms with Crippen LogP contribution in [0.25, 0.3) is 0 Å². The van der Waals surface area contributed by atoms with Crippen LogP contribution in [0.3, 0.4) is 0 Å². The van der Waals surface area contributed by atoms with E-state index in [0.29, 0.717) is 0 Å². The Morgan fingerprint density at radius 1 is 1.67 bits per heavy atom. The lowest BCUT2D eigenvalue weighted by molar-refractivity contribution is 0.342. The summed E-state index contributed by atoms with van der Waals surface area (Å²) in [5.41, 5.74) is 0. The van der Waals surface area contributed by atoms with E-state index in [1.54, 1.807) is 0 Å². The predicted octanol–water partition coefficient (Wildman–Crippen LogP) is 1.30. The van der Waals surface area contributed by atoms with Crippen molar-refractivity contribution in [2.75, 3.05) is 6.61 Å². The van der Waals surface area contributed by atoms with Crippen molar-refractivity contribution >= 4 is 23.2 Å². The second-order valence-corrected chi connectivity index (χ2v) is 1.68. The van der Waals surface area contributed by atoms with Crippen LogP contribution in [0.2, 0.25) is 0 Å². The van der Waals surface area contributed by atoms with Crippen LogP contribution in [0, 0.1) is 0 Å². The maximum atomic E-state index is 7.99. The van der Waals surface area contributed by atoms with E-state index in [2.05, 4.69) is 0 Å². The topological polar surface area (TPSA) is 20.2 Å². The lowest BCUT2D eigenvalue weighted by Crippen LogP contribution is -1.68. The molecule has 0 fully saturated rings. The molecule has 0 saturated heterocycles. The molecule has 0 aromatic rings. The number of aliphatic hydroxyl groups excluding tert-OH is 1. The van der Waals surface area contributed by atoms with Gasteiger partial charge in [-0.15, -0.1) is 0 Å². The Balaban J connectivity index is 3.14. The maximum absolute atomic E-state index is 7.99. The molecule has 6 heavy (non-hydrogen) atoms. The van der Waals surface area contributed by atoms with Gasteiger partial charge in [-0.2, -0.15) is 0 Å². The van der Waals surface area contributed by atoms with Crippen LogP contribution < -0.4 is 0 Å². The zero-order valence-electron chi connectivity index (χ0n) is 2.99. The van der Waals surface area contributed by atoms with Crippen LogP contribution >= 0.6 is 23.2 Å². The van der Waals surface area contributed by atoms with Crippen molar-refractivity contribution in [2.24, 2.45) is 0 Å². The summed E-state index contributed by atoms with van der Waals surface area (Å²) in [6, 6.07) is 0. The van der Waals surface area contributed by atoms with Crippen LogP contribution in [0.5, 0.6) is 0 Å². The van der Waals surface area contributed by atoms with Crippen LogP contribution in [-0.4, -0.2) is 11.7 Å². The van der Waals surface area contributed by atoms with E-state index in [-0.39, 0.29) is 11.1 Å². The minimum atomic E-state index is -0.0949. The lowest BCUT2D eigenvalue weighted by atomic mass is 10.7. The second kappa shape index (κ2) is 3.47. The summed E-state index contributed by atoms with van der Waals surface area (Å²) in [5.74, 6) is 0. The van der Waals surface area contributed by atoms with E-state index in [9.17, 15) is 0 Å². The van der Waals surface area contributed by atoms with Crippen molar-refractivity contribution in [3.05, 3.63) is 10.6 Å². The summed E-state index contributed by atoms with van der Waals surface area (Å²) >= 11 is 10.1. The third-order valence-corrected chi connectivity index (χ3v) is 0.554. The molecule has 0 aliphatic rings. The Bertz CT molecular complexity index is 55.8. The normalized spacial score (nSPS) is 7.83. The molecule has 1 N–H and O–H groups in total. The van der Waals surface area contributed by atoms with Crippen molar-refractivity contribution < 1.29 is 5.11 Å². The molecule has 36 valence electrons. The summed E-state index contributed by atoms with van der Waals surface area (Å²) in [5, 5.41) is 7.99. The van der Waals surface area contributed by atoms with Crippen molar-refractivity contribution in [1.82, 2.24) is 0 Å². The van der Waals surface area contributed by atoms with Gasteiger partial charge in [0.15, 0.2) is 0 Å². The van der Waals surface area contributed by atoms with Crippen molar-refractivity contribution in [1.29, 1.82) is 0 Å². The Morgan fingerprint density at radius 2 is 2.17 bits per heavy atom. The van der Waals surface area contributed by atoms with Crippen LogP contribution in [-0.2, 0) is 0 Å². The molecule has 0 unspecified atom stereocenters. The average molecular weight is 127 g/mol. The zero-order chi connectivity index (χ0) is 4.99. The Labute approximate surface area is 46.2 Å². The summed E-state index contributed by atoms with van der Waals surface area (Å²) in [7, 11) is 0. The molecule has 0 aliphatic carbocycles. The molecule has 3 heteroatoms. The highest BCUT2D eigenvalue weighted by atomic mass is 35.5. The fourth-order valence-electron chi connectivity index (χ4n) is 0.0690. The highest BCUT2D eigenvalue weighted by Gasteiger charge is 1.74. The van der Waals surface area contributed by atoms with E-state index in [4.69, 9.17) is 28.3 Å². The first-order valence-corrected chi connectivity index (χ1v) is 2.15. The van der Waals surface area contributed by atoms with Gasteiger partial charge in [-0.25, -0.2) is 0 Å². The van der Waals surface area contributed by atoms with Crippen LogP contribution in [0.4, 0.5) is 0 Å². The molecule has 0 spiro atoms. The molecule has 0 bridgehead atoms. The quantitative estimate of drug-likeness (QED) is 0.562. The molecule has 0 saturated carbocycles. The van der Waals surface area contributed by atoms with E-state index >= 15 is 0 Å². The average Bonchev–Trinajstić information content (AvgIpc) is 1.35. The third kappa shape index (κ3) is 4.28. The van der Waals surface area contributed by atoms with Crippen molar-refractivity contribution in [3.8, 4) is 0 Å². The van der Waals surface area contributed by atoms with Gasteiger partial charge < -0.3 is 5.11 Å². The molecule has 0 radical (unpaired) electrons. The van der Waals surface area contributed by atoms with E-state index in [1.165, 1.54) is 6.08 Å². The molecule has 0 heterocycles. The first kappa shape index (κ1) is 6.28. The van der Waals surface area contributed by atoms with Crippen LogP contribution in [0.1, 0.15) is 0 Å². The summed E-state index contributed by atoms with van der Waals surface area (Å²) < 4.78 is 0.109. The van der Waals surface area contributed by atoms with E-state index in [0.717, 1.165) is 0 Å². The molecular weight excluding hydrogens is 123 g/mol. The fraction of sp³-hybridized carbons (Fsp3) is 0.333. The van der Waals surface area contributed by atoms with E-state index in [1.807, 2.05) is 0 Å². The monoisotopic (exact) mass is 126 g/mol. The van der Waals surface area contributed by atoms with Gasteiger partial charge in [-0.05, 0) is 6.08 Å². The first-order chi connectivity index (χ1) is 2.77. The largest absolute Gasteiger partial charge is 0.392 e. The van der Waals surface area contributed by atoms with Crippen LogP contribution in [0.15, 0.2) is 10.6 Å². The first-order valence-electron chi connectivity index (χ1n) is 1.39. The SMILES string of the molecule is OCC=C(Cl)Cl. The standard InChI is InChI=1S/C3H4Cl2O/c4-3(5)1-2-6/h1,6H,2H2. The molecule has 1 nitrogen and oxygen atoms in total. The maximum Gasteiger partial charge on any atom is 0.105 e. The number of hydrogen-bond donors (Lipinski definition) is 1. The number of hydrogen-bond acceptors (Lipinski definition) is 1. The van der Waals surface area contributed by atoms with Crippen molar-refractivity contribution in [3.63, 3.8) is 0 Å². The summed E-state index contributed by atoms with van der Waals surface area (Å²) in [6.45, 7) is -0.0949. The predicted molar refractivity (Wildman–Crippen MR) is 26.9 cm³/mol. The fourth-order valence-corrected chi connectivity index (χ4v) is 0.207. The van der Waals surface area contributed by atoms with E-state index < -0.39 is 0 Å². The molecule has 0 rings (SSSR count). The zero-order valence-corrected chi connectivity index (χ0v) is 4.50. The molecule has 0 aliphatic heterocycles. The second-order valence-electron chi connectivity index (χ2n) is 0.676. The minimum absolute atomic E-state index is 0.0949. The molecule has 0 atom stereocenters. The smallest absolute Gasteiger partial charge is 0.105 e.